The molecule has 0 unspecified atom stereocenters. The van der Waals surface area contributed by atoms with E-state index in [1.54, 1.807) is 11.6 Å². The lowest BCUT2D eigenvalue weighted by atomic mass is 9.82. The van der Waals surface area contributed by atoms with Gasteiger partial charge in [0.2, 0.25) is 0 Å². The van der Waals surface area contributed by atoms with E-state index in [9.17, 15) is 4.79 Å². The third kappa shape index (κ3) is 9.74. The van der Waals surface area contributed by atoms with Gasteiger partial charge in [-0.1, -0.05) is 55.0 Å². The number of benzene rings is 1. The Labute approximate surface area is 235 Å². The molecule has 37 heavy (non-hydrogen) atoms. The van der Waals surface area contributed by atoms with Crippen LogP contribution in [0.25, 0.3) is 6.08 Å². The monoisotopic (exact) mass is 546 g/mol. The highest BCUT2D eigenvalue weighted by Crippen LogP contribution is 2.41. The van der Waals surface area contributed by atoms with E-state index in [-0.39, 0.29) is 30.8 Å². The summed E-state index contributed by atoms with van der Waals surface area (Å²) in [6.45, 7) is 7.91. The summed E-state index contributed by atoms with van der Waals surface area (Å²) in [4.78, 5) is 16.5. The maximum absolute atomic E-state index is 12.2. The molecule has 204 valence electrons. The molecular formula is C31H44Cl2N2O2. The average Bonchev–Trinajstić information content (AvgIpc) is 3.61. The molecule has 1 aromatic carbocycles. The van der Waals surface area contributed by atoms with Gasteiger partial charge in [0.1, 0.15) is 11.3 Å². The molecule has 2 atom stereocenters. The Balaban J connectivity index is 0.00000241. The van der Waals surface area contributed by atoms with Crippen LogP contribution in [0.1, 0.15) is 94.3 Å². The van der Waals surface area contributed by atoms with E-state index < -0.39 is 5.60 Å². The summed E-state index contributed by atoms with van der Waals surface area (Å²) in [6, 6.07) is 15.9. The minimum atomic E-state index is -0.497. The van der Waals surface area contributed by atoms with Gasteiger partial charge in [-0.15, -0.1) is 24.8 Å². The van der Waals surface area contributed by atoms with Gasteiger partial charge < -0.3 is 10.1 Å². The minimum absolute atomic E-state index is 0. The van der Waals surface area contributed by atoms with Crippen LogP contribution in [-0.2, 0) is 11.2 Å². The third-order valence-electron chi connectivity index (χ3n) is 7.40. The Morgan fingerprint density at radius 3 is 2.35 bits per heavy atom. The van der Waals surface area contributed by atoms with Crippen LogP contribution < -0.4 is 5.32 Å². The predicted octanol–water partition coefficient (Wildman–Crippen LogP) is 7.84. The first-order valence-corrected chi connectivity index (χ1v) is 13.5. The number of aryl methyl sites for hydroxylation is 1. The van der Waals surface area contributed by atoms with E-state index in [0.717, 1.165) is 18.8 Å². The van der Waals surface area contributed by atoms with Crippen LogP contribution in [0.3, 0.4) is 0 Å². The van der Waals surface area contributed by atoms with Crippen molar-refractivity contribution in [3.63, 3.8) is 0 Å². The van der Waals surface area contributed by atoms with Crippen molar-refractivity contribution < 1.29 is 9.53 Å². The van der Waals surface area contributed by atoms with Crippen molar-refractivity contribution in [2.75, 3.05) is 0 Å². The van der Waals surface area contributed by atoms with Crippen molar-refractivity contribution in [1.29, 1.82) is 0 Å². The third-order valence-corrected chi connectivity index (χ3v) is 7.40. The summed E-state index contributed by atoms with van der Waals surface area (Å²) in [5.74, 6) is 1.15. The number of hydrogen-bond donors (Lipinski definition) is 1. The van der Waals surface area contributed by atoms with Crippen LogP contribution in [0.2, 0.25) is 0 Å². The number of pyridine rings is 1. The van der Waals surface area contributed by atoms with Crippen LogP contribution in [0.5, 0.6) is 0 Å². The second kappa shape index (κ2) is 14.3. The summed E-state index contributed by atoms with van der Waals surface area (Å²) in [5.41, 5.74) is 4.01. The van der Waals surface area contributed by atoms with Gasteiger partial charge in [0.15, 0.2) is 0 Å². The fourth-order valence-electron chi connectivity index (χ4n) is 5.34. The summed E-state index contributed by atoms with van der Waals surface area (Å²) in [5, 5.41) is 3.98. The molecule has 0 radical (unpaired) electrons. The molecule has 2 fully saturated rings. The van der Waals surface area contributed by atoms with Crippen LogP contribution >= 0.6 is 24.8 Å². The lowest BCUT2D eigenvalue weighted by molar-refractivity contribution is 0.00628. The Morgan fingerprint density at radius 2 is 1.76 bits per heavy atom. The number of nitrogens with one attached hydrogen (secondary N) is 1. The summed E-state index contributed by atoms with van der Waals surface area (Å²) >= 11 is 0. The smallest absolute Gasteiger partial charge is 0.357 e. The first-order valence-electron chi connectivity index (χ1n) is 13.5. The lowest BCUT2D eigenvalue weighted by Gasteiger charge is -2.29. The zero-order valence-corrected chi connectivity index (χ0v) is 24.4. The second-order valence-electron chi connectivity index (χ2n) is 11.4. The molecule has 4 nitrogen and oxygen atoms in total. The molecule has 2 saturated carbocycles. The molecule has 1 N–H and O–H groups in total. The van der Waals surface area contributed by atoms with E-state index in [0.29, 0.717) is 23.7 Å². The molecule has 0 bridgehead atoms. The van der Waals surface area contributed by atoms with Crippen molar-refractivity contribution in [1.82, 2.24) is 10.3 Å². The largest absolute Gasteiger partial charge is 0.455 e. The van der Waals surface area contributed by atoms with Gasteiger partial charge in [0, 0.05) is 18.3 Å². The van der Waals surface area contributed by atoms with Gasteiger partial charge in [0.25, 0.3) is 0 Å². The van der Waals surface area contributed by atoms with Crippen molar-refractivity contribution in [3.8, 4) is 0 Å². The quantitative estimate of drug-likeness (QED) is 0.325. The average molecular weight is 548 g/mol. The summed E-state index contributed by atoms with van der Waals surface area (Å²) < 4.78 is 5.40. The number of esters is 1. The van der Waals surface area contributed by atoms with Crippen molar-refractivity contribution in [2.24, 2.45) is 11.8 Å². The van der Waals surface area contributed by atoms with E-state index in [1.807, 2.05) is 33.0 Å². The molecule has 2 aliphatic rings. The first kappa shape index (κ1) is 31.3. The number of carbonyl (C=O) groups is 1. The number of ether oxygens (including phenoxy) is 1. The molecule has 6 heteroatoms. The first-order chi connectivity index (χ1) is 16.8. The number of nitrogens with zero attached hydrogens (tertiary/aromatic N) is 1. The van der Waals surface area contributed by atoms with E-state index in [1.165, 1.54) is 49.7 Å². The number of carbonyl (C=O) groups excluding carboxylic acids is 1. The number of hydrogen-bond acceptors (Lipinski definition) is 4. The topological polar surface area (TPSA) is 51.2 Å². The molecule has 0 spiro atoms. The van der Waals surface area contributed by atoms with Gasteiger partial charge in [-0.3, -0.25) is 0 Å². The maximum Gasteiger partial charge on any atom is 0.357 e. The van der Waals surface area contributed by atoms with Crippen LogP contribution in [0.15, 0.2) is 54.2 Å². The van der Waals surface area contributed by atoms with Crippen molar-refractivity contribution in [2.45, 2.75) is 96.7 Å². The Morgan fingerprint density at radius 1 is 1.05 bits per heavy atom. The summed E-state index contributed by atoms with van der Waals surface area (Å²) in [7, 11) is 0. The van der Waals surface area contributed by atoms with Crippen molar-refractivity contribution in [3.05, 3.63) is 71.1 Å². The fraction of sp³-hybridized carbons (Fsp3) is 0.548. The zero-order chi connectivity index (χ0) is 24.8. The molecule has 1 aromatic heterocycles. The van der Waals surface area contributed by atoms with E-state index >= 15 is 0 Å². The molecule has 4 rings (SSSR count). The molecule has 2 aliphatic carbocycles. The van der Waals surface area contributed by atoms with Crippen LogP contribution in [-0.4, -0.2) is 28.6 Å². The lowest BCUT2D eigenvalue weighted by Crippen LogP contribution is -2.35. The molecule has 0 amide bonds. The number of aromatic nitrogens is 1. The molecule has 1 heterocycles. The second-order valence-corrected chi connectivity index (χ2v) is 11.4. The van der Waals surface area contributed by atoms with E-state index in [4.69, 9.17) is 4.74 Å². The minimum Gasteiger partial charge on any atom is -0.455 e. The zero-order valence-electron chi connectivity index (χ0n) is 22.7. The highest BCUT2D eigenvalue weighted by atomic mass is 35.5. The van der Waals surface area contributed by atoms with Gasteiger partial charge in [-0.2, -0.15) is 0 Å². The van der Waals surface area contributed by atoms with Gasteiger partial charge in [-0.05, 0) is 101 Å². The Kier molecular flexibility index (Phi) is 12.1. The predicted molar refractivity (Wildman–Crippen MR) is 158 cm³/mol. The summed E-state index contributed by atoms with van der Waals surface area (Å²) in [6.07, 6.45) is 14.1. The van der Waals surface area contributed by atoms with Gasteiger partial charge in [0.05, 0.1) is 0 Å². The standard InChI is InChI=1S/C31H42N2O2.2ClH/c1-5-25(19-23-9-7-6-8-10-23)27-20-29(27)33-26-16-13-22(14-17-26)11-12-24-15-18-28(32-21-24)30(34)35-31(2,3)4;;/h6-10,15,18-19,21-22,26-27,29,33H,5,11-14,16-17,20H2,1-4H3;2*1H/b25-19+;;/t22?,26?,27-,29+;;/m0../s1. The van der Waals surface area contributed by atoms with E-state index in [2.05, 4.69) is 53.6 Å². The normalized spacial score (nSPS) is 23.4. The molecule has 2 aromatic rings. The van der Waals surface area contributed by atoms with Crippen molar-refractivity contribution >= 4 is 36.9 Å². The highest BCUT2D eigenvalue weighted by molar-refractivity contribution is 5.87. The van der Waals surface area contributed by atoms with Crippen LogP contribution in [0, 0.1) is 11.8 Å². The maximum atomic E-state index is 12.2. The van der Waals surface area contributed by atoms with Gasteiger partial charge in [-0.25, -0.2) is 9.78 Å². The Hall–Kier alpha value is -1.88. The van der Waals surface area contributed by atoms with Crippen LogP contribution in [0.4, 0.5) is 0 Å². The SMILES string of the molecule is CC/C(=C\c1ccccc1)[C@@H]1C[C@H]1NC1CCC(CCc2ccc(C(=O)OC(C)(C)C)nc2)CC1.Cl.Cl. The fourth-order valence-corrected chi connectivity index (χ4v) is 5.34. The molecule has 0 saturated heterocycles. The van der Waals surface area contributed by atoms with Gasteiger partial charge >= 0.3 is 5.97 Å². The number of rotatable bonds is 9. The number of halogens is 2. The molecular weight excluding hydrogens is 503 g/mol. The Bertz CT molecular complexity index is 994. The molecule has 0 aliphatic heterocycles. The highest BCUT2D eigenvalue weighted by Gasteiger charge is 2.40.